The molecule has 0 bridgehead atoms. The maximum atomic E-state index is 11.5. The van der Waals surface area contributed by atoms with Gasteiger partial charge in [0.1, 0.15) is 0 Å². The van der Waals surface area contributed by atoms with E-state index in [0.29, 0.717) is 10.9 Å². The van der Waals surface area contributed by atoms with Gasteiger partial charge in [-0.25, -0.2) is 8.42 Å². The molecule has 1 aromatic rings. The average Bonchev–Trinajstić information content (AvgIpc) is 2.46. The molecule has 1 aliphatic rings. The first-order chi connectivity index (χ1) is 9.88. The molecule has 0 aromatic heterocycles. The average molecular weight is 310 g/mol. The summed E-state index contributed by atoms with van der Waals surface area (Å²) in [6, 6.07) is 7.58. The zero-order chi connectivity index (χ0) is 15.5. The van der Waals surface area contributed by atoms with Gasteiger partial charge in [0.25, 0.3) is 0 Å². The summed E-state index contributed by atoms with van der Waals surface area (Å²) in [5, 5.41) is 3.39. The number of sulfone groups is 1. The first-order valence-electron chi connectivity index (χ1n) is 7.59. The molecule has 1 heterocycles. The van der Waals surface area contributed by atoms with Gasteiger partial charge in [-0.05, 0) is 63.5 Å². The highest BCUT2D eigenvalue weighted by atomic mass is 32.2. The van der Waals surface area contributed by atoms with Gasteiger partial charge in [0.15, 0.2) is 9.84 Å². The molecule has 4 nitrogen and oxygen atoms in total. The zero-order valence-electron chi connectivity index (χ0n) is 13.2. The molecule has 1 saturated heterocycles. The molecule has 1 atom stereocenters. The minimum atomic E-state index is -3.11. The van der Waals surface area contributed by atoms with Crippen molar-refractivity contribution in [1.29, 1.82) is 0 Å². The van der Waals surface area contributed by atoms with Crippen molar-refractivity contribution in [3.05, 3.63) is 29.8 Å². The van der Waals surface area contributed by atoms with E-state index in [1.807, 2.05) is 12.1 Å². The first kappa shape index (κ1) is 16.5. The quantitative estimate of drug-likeness (QED) is 0.905. The fourth-order valence-corrected chi connectivity index (χ4v) is 3.51. The molecule has 5 heteroatoms. The smallest absolute Gasteiger partial charge is 0.175 e. The summed E-state index contributed by atoms with van der Waals surface area (Å²) < 4.78 is 23.0. The fraction of sp³-hybridized carbons (Fsp3) is 0.625. The molecule has 2 rings (SSSR count). The Kier molecular flexibility index (Phi) is 5.41. The van der Waals surface area contributed by atoms with Crippen molar-refractivity contribution in [2.45, 2.75) is 30.7 Å². The molecule has 1 N–H and O–H groups in total. The van der Waals surface area contributed by atoms with Gasteiger partial charge in [0.2, 0.25) is 0 Å². The van der Waals surface area contributed by atoms with E-state index in [4.69, 9.17) is 0 Å². The van der Waals surface area contributed by atoms with Gasteiger partial charge in [-0.2, -0.15) is 0 Å². The van der Waals surface area contributed by atoms with Gasteiger partial charge in [-0.3, -0.25) is 4.90 Å². The van der Waals surface area contributed by atoms with Crippen LogP contribution in [0.1, 0.15) is 31.4 Å². The van der Waals surface area contributed by atoms with Crippen LogP contribution in [-0.4, -0.2) is 46.3 Å². The minimum absolute atomic E-state index is 0.300. The Morgan fingerprint density at radius 3 is 2.33 bits per heavy atom. The number of hydrogen-bond acceptors (Lipinski definition) is 4. The highest BCUT2D eigenvalue weighted by Crippen LogP contribution is 2.23. The Balaban J connectivity index is 1.99. The predicted octanol–water partition coefficient (Wildman–Crippen LogP) is 2.08. The van der Waals surface area contributed by atoms with Crippen molar-refractivity contribution in [2.75, 3.05) is 32.9 Å². The van der Waals surface area contributed by atoms with Gasteiger partial charge in [0, 0.05) is 18.8 Å². The van der Waals surface area contributed by atoms with E-state index in [0.717, 1.165) is 25.6 Å². The molecule has 1 aromatic carbocycles. The second-order valence-electron chi connectivity index (χ2n) is 6.15. The van der Waals surface area contributed by atoms with Crippen LogP contribution in [0.25, 0.3) is 0 Å². The summed E-state index contributed by atoms with van der Waals surface area (Å²) in [7, 11) is -0.959. The standard InChI is InChI=1S/C16H26N2O2S/c1-13(18(2)12-14-8-10-17-11-9-14)15-4-6-16(7-5-15)21(3,19)20/h4-7,13-14,17H,8-12H2,1-3H3. The highest BCUT2D eigenvalue weighted by molar-refractivity contribution is 7.90. The Morgan fingerprint density at radius 2 is 1.81 bits per heavy atom. The molecule has 0 amide bonds. The van der Waals surface area contributed by atoms with Crippen LogP contribution in [0, 0.1) is 5.92 Å². The van der Waals surface area contributed by atoms with E-state index in [1.54, 1.807) is 12.1 Å². The van der Waals surface area contributed by atoms with Crippen LogP contribution in [0.15, 0.2) is 29.2 Å². The Bertz CT molecular complexity index is 548. The van der Waals surface area contributed by atoms with E-state index < -0.39 is 9.84 Å². The second kappa shape index (κ2) is 6.90. The maximum absolute atomic E-state index is 11.5. The van der Waals surface area contributed by atoms with E-state index in [2.05, 4.69) is 24.2 Å². The van der Waals surface area contributed by atoms with Crippen molar-refractivity contribution in [3.63, 3.8) is 0 Å². The Morgan fingerprint density at radius 1 is 1.24 bits per heavy atom. The summed E-state index contributed by atoms with van der Waals surface area (Å²) in [6.45, 7) is 5.51. The molecule has 0 aliphatic carbocycles. The third kappa shape index (κ3) is 4.53. The minimum Gasteiger partial charge on any atom is -0.317 e. The molecule has 1 fully saturated rings. The van der Waals surface area contributed by atoms with E-state index in [9.17, 15) is 8.42 Å². The molecular formula is C16H26N2O2S. The number of rotatable bonds is 5. The largest absolute Gasteiger partial charge is 0.317 e. The lowest BCUT2D eigenvalue weighted by molar-refractivity contribution is 0.196. The number of hydrogen-bond donors (Lipinski definition) is 1. The van der Waals surface area contributed by atoms with Gasteiger partial charge in [0.05, 0.1) is 4.90 Å². The van der Waals surface area contributed by atoms with Crippen molar-refractivity contribution in [3.8, 4) is 0 Å². The lowest BCUT2D eigenvalue weighted by Crippen LogP contribution is -2.35. The zero-order valence-corrected chi connectivity index (χ0v) is 14.0. The van der Waals surface area contributed by atoms with Gasteiger partial charge in [-0.15, -0.1) is 0 Å². The summed E-state index contributed by atoms with van der Waals surface area (Å²) in [5.74, 6) is 0.758. The van der Waals surface area contributed by atoms with Crippen LogP contribution in [0.3, 0.4) is 0 Å². The molecule has 1 unspecified atom stereocenters. The Hall–Kier alpha value is -0.910. The monoisotopic (exact) mass is 310 g/mol. The van der Waals surface area contributed by atoms with Crippen LogP contribution < -0.4 is 5.32 Å². The molecular weight excluding hydrogens is 284 g/mol. The van der Waals surface area contributed by atoms with E-state index in [1.165, 1.54) is 24.7 Å². The molecule has 0 radical (unpaired) electrons. The van der Waals surface area contributed by atoms with Crippen molar-refractivity contribution < 1.29 is 8.42 Å². The third-order valence-corrected chi connectivity index (χ3v) is 5.59. The normalized spacial score (nSPS) is 18.9. The predicted molar refractivity (Wildman–Crippen MR) is 86.2 cm³/mol. The van der Waals surface area contributed by atoms with Crippen molar-refractivity contribution >= 4 is 9.84 Å². The second-order valence-corrected chi connectivity index (χ2v) is 8.17. The highest BCUT2D eigenvalue weighted by Gasteiger charge is 2.19. The van der Waals surface area contributed by atoms with Crippen LogP contribution in [0.5, 0.6) is 0 Å². The number of nitrogens with zero attached hydrogens (tertiary/aromatic N) is 1. The van der Waals surface area contributed by atoms with Gasteiger partial charge < -0.3 is 5.32 Å². The van der Waals surface area contributed by atoms with E-state index in [-0.39, 0.29) is 0 Å². The maximum Gasteiger partial charge on any atom is 0.175 e. The molecule has 21 heavy (non-hydrogen) atoms. The Labute approximate surface area is 128 Å². The van der Waals surface area contributed by atoms with Crippen molar-refractivity contribution in [2.24, 2.45) is 5.92 Å². The van der Waals surface area contributed by atoms with Crippen LogP contribution in [0.2, 0.25) is 0 Å². The summed E-state index contributed by atoms with van der Waals surface area (Å²) in [6.07, 6.45) is 3.73. The van der Waals surface area contributed by atoms with Gasteiger partial charge >= 0.3 is 0 Å². The van der Waals surface area contributed by atoms with Crippen molar-refractivity contribution in [1.82, 2.24) is 10.2 Å². The van der Waals surface area contributed by atoms with Gasteiger partial charge in [-0.1, -0.05) is 12.1 Å². The third-order valence-electron chi connectivity index (χ3n) is 4.46. The number of piperidine rings is 1. The summed E-state index contributed by atoms with van der Waals surface area (Å²) in [5.41, 5.74) is 1.17. The van der Waals surface area contributed by atoms with Crippen LogP contribution in [-0.2, 0) is 9.84 Å². The lowest BCUT2D eigenvalue weighted by atomic mass is 9.96. The lowest BCUT2D eigenvalue weighted by Gasteiger charge is -2.31. The van der Waals surface area contributed by atoms with E-state index >= 15 is 0 Å². The molecule has 0 spiro atoms. The first-order valence-corrected chi connectivity index (χ1v) is 9.48. The number of benzene rings is 1. The summed E-state index contributed by atoms with van der Waals surface area (Å²) in [4.78, 5) is 2.75. The van der Waals surface area contributed by atoms with Crippen LogP contribution >= 0.6 is 0 Å². The topological polar surface area (TPSA) is 49.4 Å². The molecule has 1 aliphatic heterocycles. The van der Waals surface area contributed by atoms with Crippen LogP contribution in [0.4, 0.5) is 0 Å². The molecule has 0 saturated carbocycles. The summed E-state index contributed by atoms with van der Waals surface area (Å²) >= 11 is 0. The fourth-order valence-electron chi connectivity index (χ4n) is 2.88. The molecule has 118 valence electrons. The SMILES string of the molecule is CC(c1ccc(S(C)(=O)=O)cc1)N(C)CC1CCNCC1. The number of nitrogens with one attached hydrogen (secondary N) is 1.